The van der Waals surface area contributed by atoms with Crippen LogP contribution in [0.1, 0.15) is 26.3 Å². The van der Waals surface area contributed by atoms with Crippen molar-refractivity contribution in [1.29, 1.82) is 0 Å². The first-order valence-electron chi connectivity index (χ1n) is 11.8. The van der Waals surface area contributed by atoms with E-state index in [1.807, 2.05) is 0 Å². The molecule has 0 saturated heterocycles. The Balaban J connectivity index is 2.06. The van der Waals surface area contributed by atoms with E-state index in [0.717, 1.165) is 4.31 Å². The van der Waals surface area contributed by atoms with Crippen LogP contribution in [0.15, 0.2) is 77.7 Å². The van der Waals surface area contributed by atoms with E-state index in [9.17, 15) is 22.4 Å². The summed E-state index contributed by atoms with van der Waals surface area (Å²) in [4.78, 5) is 27.9. The number of carbonyl (C=O) groups is 2. The predicted octanol–water partition coefficient (Wildman–Crippen LogP) is 5.27. The van der Waals surface area contributed by atoms with Crippen molar-refractivity contribution in [3.8, 4) is 0 Å². The van der Waals surface area contributed by atoms with Crippen molar-refractivity contribution in [3.05, 3.63) is 94.2 Å². The highest BCUT2D eigenvalue weighted by molar-refractivity contribution is 7.92. The van der Waals surface area contributed by atoms with Crippen molar-refractivity contribution in [1.82, 2.24) is 10.2 Å². The second-order valence-corrected chi connectivity index (χ2v) is 11.5. The third kappa shape index (κ3) is 7.03. The molecule has 0 unspecified atom stereocenters. The van der Waals surface area contributed by atoms with Crippen molar-refractivity contribution >= 4 is 50.7 Å². The lowest BCUT2D eigenvalue weighted by atomic mass is 10.1. The molecule has 0 aliphatic heterocycles. The zero-order chi connectivity index (χ0) is 28.0. The molecule has 3 rings (SSSR count). The van der Waals surface area contributed by atoms with Crippen LogP contribution >= 0.6 is 23.2 Å². The van der Waals surface area contributed by atoms with Crippen LogP contribution in [0.3, 0.4) is 0 Å². The molecule has 0 aliphatic rings. The maximum absolute atomic E-state index is 13.8. The molecule has 38 heavy (non-hydrogen) atoms. The fraction of sp³-hybridized carbons (Fsp3) is 0.259. The quantitative estimate of drug-likeness (QED) is 0.354. The molecule has 0 fully saturated rings. The third-order valence-electron chi connectivity index (χ3n) is 5.67. The number of nitrogens with one attached hydrogen (secondary N) is 1. The molecule has 1 atom stereocenters. The van der Waals surface area contributed by atoms with E-state index in [4.69, 9.17) is 23.2 Å². The predicted molar refractivity (Wildman–Crippen MR) is 147 cm³/mol. The van der Waals surface area contributed by atoms with Crippen LogP contribution in [0, 0.1) is 5.82 Å². The number of hydrogen-bond donors (Lipinski definition) is 1. The number of halogens is 3. The lowest BCUT2D eigenvalue weighted by molar-refractivity contribution is -0.139. The molecule has 11 heteroatoms. The minimum absolute atomic E-state index is 0.0115. The minimum Gasteiger partial charge on any atom is -0.352 e. The topological polar surface area (TPSA) is 86.8 Å². The molecule has 0 aliphatic carbocycles. The summed E-state index contributed by atoms with van der Waals surface area (Å²) < 4.78 is 41.8. The highest BCUT2D eigenvalue weighted by Gasteiger charge is 2.33. The first-order valence-corrected chi connectivity index (χ1v) is 14.0. The van der Waals surface area contributed by atoms with Crippen molar-refractivity contribution in [2.24, 2.45) is 0 Å². The maximum atomic E-state index is 13.8. The molecule has 0 spiro atoms. The van der Waals surface area contributed by atoms with Gasteiger partial charge in [-0.25, -0.2) is 12.8 Å². The van der Waals surface area contributed by atoms with E-state index in [2.05, 4.69) is 5.32 Å². The Morgan fingerprint density at radius 1 is 0.921 bits per heavy atom. The third-order valence-corrected chi connectivity index (χ3v) is 8.26. The molecule has 1 N–H and O–H groups in total. The van der Waals surface area contributed by atoms with E-state index in [1.54, 1.807) is 39.0 Å². The molecule has 7 nitrogen and oxygen atoms in total. The van der Waals surface area contributed by atoms with Crippen molar-refractivity contribution in [2.75, 3.05) is 10.8 Å². The summed E-state index contributed by atoms with van der Waals surface area (Å²) in [5.41, 5.74) is 0.569. The van der Waals surface area contributed by atoms with Crippen LogP contribution in [-0.2, 0) is 26.2 Å². The molecule has 0 radical (unpaired) electrons. The standard InChI is InChI=1S/C27H28Cl2FN3O4S/c1-18(2)31-27(35)19(3)32(16-20-12-14-21(30)15-13-20)25(34)17-33(24-11-7-10-23(28)26(24)29)38(36,37)22-8-5-4-6-9-22/h4-15,18-19H,16-17H2,1-3H3,(H,31,35)/t19-/m0/s1. The average molecular weight is 581 g/mol. The number of amides is 2. The molecule has 0 saturated carbocycles. The van der Waals surface area contributed by atoms with Gasteiger partial charge < -0.3 is 10.2 Å². The Kier molecular flexibility index (Phi) is 9.76. The number of anilines is 1. The highest BCUT2D eigenvalue weighted by atomic mass is 35.5. The smallest absolute Gasteiger partial charge is 0.264 e. The molecule has 3 aromatic rings. The molecule has 3 aromatic carbocycles. The van der Waals surface area contributed by atoms with Gasteiger partial charge in [0.25, 0.3) is 10.0 Å². The number of hydrogen-bond acceptors (Lipinski definition) is 4. The number of sulfonamides is 1. The van der Waals surface area contributed by atoms with E-state index in [1.165, 1.54) is 59.5 Å². The number of rotatable bonds is 10. The van der Waals surface area contributed by atoms with E-state index in [-0.39, 0.29) is 33.2 Å². The second-order valence-electron chi connectivity index (χ2n) is 8.89. The number of benzene rings is 3. The largest absolute Gasteiger partial charge is 0.352 e. The summed E-state index contributed by atoms with van der Waals surface area (Å²) in [5.74, 6) is -1.54. The lowest BCUT2D eigenvalue weighted by Gasteiger charge is -2.32. The first kappa shape index (κ1) is 29.4. The zero-order valence-corrected chi connectivity index (χ0v) is 23.4. The SMILES string of the molecule is CC(C)NC(=O)[C@H](C)N(Cc1ccc(F)cc1)C(=O)CN(c1cccc(Cl)c1Cl)S(=O)(=O)c1ccccc1. The van der Waals surface area contributed by atoms with E-state index in [0.29, 0.717) is 5.56 Å². The van der Waals surface area contributed by atoms with Crippen LogP contribution < -0.4 is 9.62 Å². The van der Waals surface area contributed by atoms with E-state index >= 15 is 0 Å². The molecule has 0 heterocycles. The van der Waals surface area contributed by atoms with Gasteiger partial charge in [-0.05, 0) is 62.7 Å². The van der Waals surface area contributed by atoms with Crippen molar-refractivity contribution in [2.45, 2.75) is 44.3 Å². The minimum atomic E-state index is -4.27. The number of nitrogens with zero attached hydrogens (tertiary/aromatic N) is 2. The molecule has 202 valence electrons. The molecular formula is C27H28Cl2FN3O4S. The van der Waals surface area contributed by atoms with Crippen LogP contribution in [0.25, 0.3) is 0 Å². The van der Waals surface area contributed by atoms with Gasteiger partial charge >= 0.3 is 0 Å². The fourth-order valence-corrected chi connectivity index (χ4v) is 5.59. The Bertz CT molecular complexity index is 1390. The van der Waals surface area contributed by atoms with Crippen LogP contribution in [0.2, 0.25) is 10.0 Å². The van der Waals surface area contributed by atoms with Crippen LogP contribution in [-0.4, -0.2) is 43.8 Å². The zero-order valence-electron chi connectivity index (χ0n) is 21.1. The van der Waals surface area contributed by atoms with Gasteiger partial charge in [0, 0.05) is 12.6 Å². The van der Waals surface area contributed by atoms with Gasteiger partial charge in [-0.15, -0.1) is 0 Å². The van der Waals surface area contributed by atoms with Crippen LogP contribution in [0.4, 0.5) is 10.1 Å². The summed E-state index contributed by atoms with van der Waals surface area (Å²) >= 11 is 12.6. The summed E-state index contributed by atoms with van der Waals surface area (Å²) in [6.07, 6.45) is 0. The summed E-state index contributed by atoms with van der Waals surface area (Å²) in [5, 5.41) is 2.83. The van der Waals surface area contributed by atoms with Gasteiger partial charge in [0.05, 0.1) is 20.6 Å². The highest BCUT2D eigenvalue weighted by Crippen LogP contribution is 2.35. The van der Waals surface area contributed by atoms with Crippen molar-refractivity contribution < 1.29 is 22.4 Å². The van der Waals surface area contributed by atoms with Crippen molar-refractivity contribution in [3.63, 3.8) is 0 Å². The van der Waals surface area contributed by atoms with Gasteiger partial charge in [0.1, 0.15) is 18.4 Å². The Hall–Kier alpha value is -3.14. The molecule has 2 amide bonds. The normalized spacial score (nSPS) is 12.2. The van der Waals surface area contributed by atoms with Gasteiger partial charge in [0.2, 0.25) is 11.8 Å². The second kappa shape index (κ2) is 12.6. The van der Waals surface area contributed by atoms with Gasteiger partial charge in [0.15, 0.2) is 0 Å². The molecular weight excluding hydrogens is 552 g/mol. The lowest BCUT2D eigenvalue weighted by Crippen LogP contribution is -2.52. The average Bonchev–Trinajstić information content (AvgIpc) is 2.88. The number of carbonyl (C=O) groups excluding carboxylic acids is 2. The molecule has 0 aromatic heterocycles. The Morgan fingerprint density at radius 3 is 2.16 bits per heavy atom. The van der Waals surface area contributed by atoms with Crippen LogP contribution in [0.5, 0.6) is 0 Å². The fourth-order valence-electron chi connectivity index (χ4n) is 3.69. The Labute approximate surface area is 232 Å². The Morgan fingerprint density at radius 2 is 1.55 bits per heavy atom. The first-order chi connectivity index (χ1) is 17.9. The van der Waals surface area contributed by atoms with Gasteiger partial charge in [-0.3, -0.25) is 13.9 Å². The molecule has 0 bridgehead atoms. The maximum Gasteiger partial charge on any atom is 0.264 e. The summed E-state index contributed by atoms with van der Waals surface area (Å²) in [7, 11) is -4.27. The monoisotopic (exact) mass is 579 g/mol. The van der Waals surface area contributed by atoms with E-state index < -0.39 is 40.2 Å². The van der Waals surface area contributed by atoms with Gasteiger partial charge in [-0.1, -0.05) is 59.6 Å². The summed E-state index contributed by atoms with van der Waals surface area (Å²) in [6.45, 7) is 4.38. The van der Waals surface area contributed by atoms with Gasteiger partial charge in [-0.2, -0.15) is 0 Å². The summed E-state index contributed by atoms with van der Waals surface area (Å²) in [6, 6.07) is 16.4.